The number of hydrogen-bond acceptors (Lipinski definition) is 3. The zero-order valence-electron chi connectivity index (χ0n) is 7.92. The Kier molecular flexibility index (Phi) is 3.58. The molecular weight excluding hydrogens is 277 g/mol. The SMILES string of the molecule is CC(Cn1nc(N)nc1Br)CC(F)(F)F. The van der Waals surface area contributed by atoms with Crippen LogP contribution in [0.3, 0.4) is 0 Å². The van der Waals surface area contributed by atoms with Gasteiger partial charge in [-0.3, -0.25) is 0 Å². The van der Waals surface area contributed by atoms with E-state index in [1.165, 1.54) is 11.6 Å². The lowest BCUT2D eigenvalue weighted by atomic mass is 10.1. The molecule has 1 aromatic rings. The molecule has 0 saturated heterocycles. The van der Waals surface area contributed by atoms with Gasteiger partial charge in [0, 0.05) is 13.0 Å². The molecule has 0 aliphatic heterocycles. The second-order valence-corrected chi connectivity index (χ2v) is 4.05. The van der Waals surface area contributed by atoms with Crippen LogP contribution in [0, 0.1) is 5.92 Å². The minimum Gasteiger partial charge on any atom is -0.366 e. The number of aromatic nitrogens is 3. The Balaban J connectivity index is 2.58. The lowest BCUT2D eigenvalue weighted by molar-refractivity contribution is -0.144. The lowest BCUT2D eigenvalue weighted by Crippen LogP contribution is -2.18. The first-order chi connectivity index (χ1) is 6.78. The Hall–Kier alpha value is -0.790. The van der Waals surface area contributed by atoms with Crippen molar-refractivity contribution in [2.45, 2.75) is 26.1 Å². The van der Waals surface area contributed by atoms with E-state index >= 15 is 0 Å². The van der Waals surface area contributed by atoms with Crippen LogP contribution in [-0.4, -0.2) is 20.9 Å². The molecule has 1 unspecified atom stereocenters. The highest BCUT2D eigenvalue weighted by Crippen LogP contribution is 2.25. The van der Waals surface area contributed by atoms with Crippen molar-refractivity contribution < 1.29 is 13.2 Å². The predicted molar refractivity (Wildman–Crippen MR) is 52.0 cm³/mol. The van der Waals surface area contributed by atoms with Gasteiger partial charge in [0.15, 0.2) is 4.73 Å². The number of nitrogens with two attached hydrogens (primary N) is 1. The smallest absolute Gasteiger partial charge is 0.366 e. The molecular formula is C7H10BrF3N4. The van der Waals surface area contributed by atoms with Crippen LogP contribution < -0.4 is 5.73 Å². The van der Waals surface area contributed by atoms with E-state index in [0.717, 1.165) is 0 Å². The average molecular weight is 287 g/mol. The van der Waals surface area contributed by atoms with Crippen LogP contribution in [0.4, 0.5) is 19.1 Å². The normalized spacial score (nSPS) is 14.2. The van der Waals surface area contributed by atoms with Gasteiger partial charge < -0.3 is 5.73 Å². The van der Waals surface area contributed by atoms with Gasteiger partial charge in [-0.05, 0) is 21.8 Å². The van der Waals surface area contributed by atoms with Gasteiger partial charge in [-0.1, -0.05) is 6.92 Å². The largest absolute Gasteiger partial charge is 0.389 e. The molecule has 0 aliphatic carbocycles. The van der Waals surface area contributed by atoms with E-state index in [1.807, 2.05) is 0 Å². The highest BCUT2D eigenvalue weighted by atomic mass is 79.9. The zero-order valence-corrected chi connectivity index (χ0v) is 9.51. The highest BCUT2D eigenvalue weighted by molar-refractivity contribution is 9.10. The third-order valence-electron chi connectivity index (χ3n) is 1.71. The Morgan fingerprint density at radius 1 is 1.53 bits per heavy atom. The molecule has 15 heavy (non-hydrogen) atoms. The van der Waals surface area contributed by atoms with Crippen LogP contribution in [0.15, 0.2) is 4.73 Å². The first kappa shape index (κ1) is 12.3. The summed E-state index contributed by atoms with van der Waals surface area (Å²) in [4.78, 5) is 3.73. The van der Waals surface area contributed by atoms with Gasteiger partial charge in [-0.2, -0.15) is 18.2 Å². The Labute approximate surface area is 92.8 Å². The number of rotatable bonds is 3. The summed E-state index contributed by atoms with van der Waals surface area (Å²) in [6, 6.07) is 0. The van der Waals surface area contributed by atoms with Crippen molar-refractivity contribution in [3.05, 3.63) is 4.73 Å². The summed E-state index contributed by atoms with van der Waals surface area (Å²) in [5.74, 6) is -0.525. The molecule has 1 rings (SSSR count). The van der Waals surface area contributed by atoms with E-state index in [-0.39, 0.29) is 12.5 Å². The van der Waals surface area contributed by atoms with Crippen molar-refractivity contribution in [1.29, 1.82) is 0 Å². The van der Waals surface area contributed by atoms with E-state index in [2.05, 4.69) is 26.0 Å². The molecule has 0 saturated carbocycles. The van der Waals surface area contributed by atoms with Crippen LogP contribution in [0.25, 0.3) is 0 Å². The molecule has 8 heteroatoms. The minimum absolute atomic E-state index is 0.0427. The lowest BCUT2D eigenvalue weighted by Gasteiger charge is -2.13. The van der Waals surface area contributed by atoms with Gasteiger partial charge in [0.05, 0.1) is 0 Å². The van der Waals surface area contributed by atoms with Crippen molar-refractivity contribution in [1.82, 2.24) is 14.8 Å². The summed E-state index contributed by atoms with van der Waals surface area (Å²) in [5.41, 5.74) is 5.29. The summed E-state index contributed by atoms with van der Waals surface area (Å²) < 4.78 is 37.8. The summed E-state index contributed by atoms with van der Waals surface area (Å²) in [5, 5.41) is 3.75. The molecule has 0 spiro atoms. The van der Waals surface area contributed by atoms with Crippen LogP contribution in [-0.2, 0) is 6.54 Å². The summed E-state index contributed by atoms with van der Waals surface area (Å²) in [6.45, 7) is 1.63. The van der Waals surface area contributed by atoms with Gasteiger partial charge in [-0.25, -0.2) is 4.68 Å². The van der Waals surface area contributed by atoms with Crippen molar-refractivity contribution >= 4 is 21.9 Å². The van der Waals surface area contributed by atoms with Gasteiger partial charge in [0.2, 0.25) is 5.95 Å². The standard InChI is InChI=1S/C7H10BrF3N4/c1-4(2-7(9,10)11)3-15-5(8)13-6(12)14-15/h4H,2-3H2,1H3,(H2,12,14). The van der Waals surface area contributed by atoms with Crippen molar-refractivity contribution in [2.75, 3.05) is 5.73 Å². The maximum absolute atomic E-state index is 12.0. The third-order valence-corrected chi connectivity index (χ3v) is 2.29. The minimum atomic E-state index is -4.15. The summed E-state index contributed by atoms with van der Waals surface area (Å²) >= 11 is 3.05. The second-order valence-electron chi connectivity index (χ2n) is 3.35. The quantitative estimate of drug-likeness (QED) is 0.927. The fraction of sp³-hybridized carbons (Fsp3) is 0.714. The molecule has 2 N–H and O–H groups in total. The van der Waals surface area contributed by atoms with E-state index in [0.29, 0.717) is 4.73 Å². The van der Waals surface area contributed by atoms with Crippen LogP contribution in [0.5, 0.6) is 0 Å². The molecule has 0 amide bonds. The van der Waals surface area contributed by atoms with Crippen LogP contribution in [0.1, 0.15) is 13.3 Å². The molecule has 0 radical (unpaired) electrons. The number of hydrogen-bond donors (Lipinski definition) is 1. The molecule has 0 aromatic carbocycles. The summed E-state index contributed by atoms with van der Waals surface area (Å²) in [7, 11) is 0. The fourth-order valence-electron chi connectivity index (χ4n) is 1.21. The van der Waals surface area contributed by atoms with Gasteiger partial charge in [0.25, 0.3) is 0 Å². The predicted octanol–water partition coefficient (Wildman–Crippen LogP) is 2.21. The molecule has 0 fully saturated rings. The highest BCUT2D eigenvalue weighted by Gasteiger charge is 2.30. The Bertz CT molecular complexity index is 335. The number of nitrogen functional groups attached to an aromatic ring is 1. The van der Waals surface area contributed by atoms with Crippen molar-refractivity contribution in [3.63, 3.8) is 0 Å². The third kappa shape index (κ3) is 4.06. The maximum atomic E-state index is 12.0. The number of halogens is 4. The zero-order chi connectivity index (χ0) is 11.6. The van der Waals surface area contributed by atoms with Gasteiger partial charge >= 0.3 is 6.18 Å². The van der Waals surface area contributed by atoms with Crippen LogP contribution in [0.2, 0.25) is 0 Å². The van der Waals surface area contributed by atoms with E-state index in [1.54, 1.807) is 0 Å². The average Bonchev–Trinajstić information content (AvgIpc) is 2.25. The fourth-order valence-corrected chi connectivity index (χ4v) is 1.62. The van der Waals surface area contributed by atoms with E-state index in [4.69, 9.17) is 5.73 Å². The molecule has 86 valence electrons. The van der Waals surface area contributed by atoms with Gasteiger partial charge in [0.1, 0.15) is 0 Å². The monoisotopic (exact) mass is 286 g/mol. The molecule has 0 aliphatic rings. The Morgan fingerprint density at radius 2 is 2.13 bits per heavy atom. The molecule has 1 atom stereocenters. The first-order valence-corrected chi connectivity index (χ1v) is 5.00. The molecule has 0 bridgehead atoms. The van der Waals surface area contributed by atoms with Gasteiger partial charge in [-0.15, -0.1) is 5.10 Å². The first-order valence-electron chi connectivity index (χ1n) is 4.20. The van der Waals surface area contributed by atoms with Crippen molar-refractivity contribution in [3.8, 4) is 0 Å². The Morgan fingerprint density at radius 3 is 2.53 bits per heavy atom. The number of alkyl halides is 3. The molecule has 1 aromatic heterocycles. The van der Waals surface area contributed by atoms with E-state index < -0.39 is 18.5 Å². The van der Waals surface area contributed by atoms with Crippen LogP contribution >= 0.6 is 15.9 Å². The second kappa shape index (κ2) is 4.38. The topological polar surface area (TPSA) is 56.7 Å². The number of anilines is 1. The summed E-state index contributed by atoms with van der Waals surface area (Å²) in [6.07, 6.45) is -5.00. The van der Waals surface area contributed by atoms with Crippen molar-refractivity contribution in [2.24, 2.45) is 5.92 Å². The maximum Gasteiger partial charge on any atom is 0.389 e. The number of nitrogens with zero attached hydrogens (tertiary/aromatic N) is 3. The van der Waals surface area contributed by atoms with E-state index in [9.17, 15) is 13.2 Å². The molecule has 1 heterocycles. The molecule has 4 nitrogen and oxygen atoms in total.